The second-order valence-electron chi connectivity index (χ2n) is 34.1. The minimum Gasteiger partial charge on any atom is -0.377 e. The number of H-pyrrole nitrogens is 4. The van der Waals surface area contributed by atoms with Crippen LogP contribution in [-0.2, 0) is 46.5 Å². The van der Waals surface area contributed by atoms with E-state index in [4.69, 9.17) is 4.99 Å². The van der Waals surface area contributed by atoms with Crippen molar-refractivity contribution in [1.29, 1.82) is 0 Å². The SMILES string of the molecule is CC1(C)C(c2c[nH]c3c2C(=O)CCC3)=Nc2ccccc21.CC1(C)c2ccccc2N(Cc2ccc([N+](=O)[O-])cc2)C1c1c[nH]c2ccccc12.CC1(C)c2ccccc2NC1C1=CCc2ccccc21.CC1(C)c2ccccc2NC1c1c[nH]c2ccc(F)cc12.Cc1cccc2c(C3Nc4ccccc4C3(C)C)c[nH]c12.Cl. The van der Waals surface area contributed by atoms with Gasteiger partial charge < -0.3 is 40.8 Å². The number of benzene rings is 10. The van der Waals surface area contributed by atoms with Crippen molar-refractivity contribution in [3.8, 4) is 0 Å². The summed E-state index contributed by atoms with van der Waals surface area (Å²) in [5.74, 6) is 0.0543. The van der Waals surface area contributed by atoms with Crippen LogP contribution in [0.5, 0.6) is 0 Å². The molecule has 5 aliphatic heterocycles. The van der Waals surface area contributed by atoms with Crippen LogP contribution in [0.4, 0.5) is 38.5 Å². The summed E-state index contributed by atoms with van der Waals surface area (Å²) in [4.78, 5) is 43.7. The molecule has 576 valence electrons. The number of ketones is 1. The third kappa shape index (κ3) is 13.2. The number of rotatable bonds is 8. The summed E-state index contributed by atoms with van der Waals surface area (Å²) in [6.07, 6.45) is 14.3. The number of aromatic nitrogens is 4. The van der Waals surface area contributed by atoms with Gasteiger partial charge in [0.1, 0.15) is 5.82 Å². The number of nitro benzene ring substituents is 1. The third-order valence-corrected chi connectivity index (χ3v) is 25.4. The molecule has 10 aromatic carbocycles. The van der Waals surface area contributed by atoms with E-state index in [1.54, 1.807) is 24.3 Å². The molecule has 0 amide bonds. The van der Waals surface area contributed by atoms with E-state index in [1.165, 1.54) is 106 Å². The molecule has 21 rings (SSSR count). The number of nitro groups is 1. The van der Waals surface area contributed by atoms with Gasteiger partial charge >= 0.3 is 0 Å². The van der Waals surface area contributed by atoms with E-state index in [0.29, 0.717) is 25.0 Å². The summed E-state index contributed by atoms with van der Waals surface area (Å²) in [7, 11) is 0. The maximum Gasteiger partial charge on any atom is 0.269 e. The highest BCUT2D eigenvalue weighted by atomic mass is 35.5. The van der Waals surface area contributed by atoms with Crippen LogP contribution in [0.2, 0.25) is 0 Å². The first kappa shape index (κ1) is 76.0. The third-order valence-electron chi connectivity index (χ3n) is 25.4. The molecule has 2 aliphatic carbocycles. The van der Waals surface area contributed by atoms with Crippen LogP contribution in [0.3, 0.4) is 0 Å². The molecule has 14 aromatic rings. The number of anilines is 4. The van der Waals surface area contributed by atoms with Gasteiger partial charge in [-0.2, -0.15) is 0 Å². The van der Waals surface area contributed by atoms with Crippen LogP contribution in [0.25, 0.3) is 38.3 Å². The first-order valence-electron chi connectivity index (χ1n) is 39.7. The van der Waals surface area contributed by atoms with E-state index in [-0.39, 0.29) is 73.8 Å². The number of hydrogen-bond acceptors (Lipinski definition) is 8. The lowest BCUT2D eigenvalue weighted by atomic mass is 9.76. The molecule has 0 bridgehead atoms. The molecule has 0 radical (unpaired) electrons. The second-order valence-corrected chi connectivity index (χ2v) is 34.1. The fraction of sp³-hybridized carbons (Fsp3) is 0.253. The zero-order valence-electron chi connectivity index (χ0n) is 66.5. The highest BCUT2D eigenvalue weighted by Crippen LogP contribution is 2.56. The van der Waals surface area contributed by atoms with E-state index in [0.717, 1.165) is 75.0 Å². The number of hydrogen-bond donors (Lipinski definition) is 7. The molecule has 13 nitrogen and oxygen atoms in total. The quantitative estimate of drug-likeness (QED) is 0.0585. The molecule has 4 unspecified atom stereocenters. The van der Waals surface area contributed by atoms with Crippen LogP contribution < -0.4 is 20.9 Å². The Labute approximate surface area is 672 Å². The second kappa shape index (κ2) is 29.5. The molecular weight excluding hydrogens is 1430 g/mol. The number of para-hydroxylation sites is 7. The van der Waals surface area contributed by atoms with Crippen molar-refractivity contribution >= 4 is 96.3 Å². The summed E-state index contributed by atoms with van der Waals surface area (Å²) in [5, 5.41) is 25.6. The van der Waals surface area contributed by atoms with Crippen molar-refractivity contribution in [1.82, 2.24) is 19.9 Å². The highest BCUT2D eigenvalue weighted by molar-refractivity contribution is 6.18. The number of carbonyl (C=O) groups is 1. The predicted molar refractivity (Wildman–Crippen MR) is 469 cm³/mol. The number of non-ortho nitro benzene ring substituents is 1. The maximum atomic E-state index is 13.6. The van der Waals surface area contributed by atoms with E-state index in [2.05, 4.69) is 299 Å². The Morgan fingerprint density at radius 3 is 1.71 bits per heavy atom. The minimum atomic E-state index is -0.354. The van der Waals surface area contributed by atoms with Crippen LogP contribution in [0, 0.1) is 22.9 Å². The number of carbonyl (C=O) groups excluding carboxylic acids is 1. The van der Waals surface area contributed by atoms with E-state index < -0.39 is 0 Å². The molecule has 7 N–H and O–H groups in total. The van der Waals surface area contributed by atoms with Gasteiger partial charge in [0, 0.05) is 166 Å². The predicted octanol–water partition coefficient (Wildman–Crippen LogP) is 24.6. The van der Waals surface area contributed by atoms with Gasteiger partial charge in [-0.15, -0.1) is 12.4 Å². The van der Waals surface area contributed by atoms with E-state index in [1.807, 2.05) is 48.8 Å². The number of nitrogens with one attached hydrogen (secondary N) is 7. The van der Waals surface area contributed by atoms with E-state index in [9.17, 15) is 19.3 Å². The highest BCUT2D eigenvalue weighted by Gasteiger charge is 2.48. The topological polar surface area (TPSA) is 175 Å². The standard InChI is InChI=1S/C25H23N3O2.C19H20N2.C19H19N.C18H17FN2.C18H18N2O.ClH/c1-25(2)21-8-4-6-10-23(21)27(16-17-11-13-18(14-12-17)28(29)30)24(25)20-15-26-22-9-5-3-7-19(20)22;1-12-7-6-8-13-14(11-20-17(12)13)18-19(2,3)15-9-4-5-10-16(15)21-18;1-19(2)16-9-5-6-10-17(16)20-18(19)15-12-11-13-7-3-4-8-14(13)15;1-18(2)14-5-3-4-6-16(14)21-17(18)13-10-20-15-8-7-11(19)9-12(13)15;1-18(2)12-6-3-4-7-13(12)20-17(18)11-10-19-14-8-5-9-15(21)16(11)14;/h3-15,24,26H,16H2,1-2H3;4-11,18,20-21H,1-3H3;3-10,12,18,20H,11H2,1-2H3;3-10,17,20-21H,1-2H3;3-4,6-7,10,19H,5,8-9H2,1-2H3;1H. The molecule has 4 atom stereocenters. The Morgan fingerprint density at radius 1 is 0.509 bits per heavy atom. The van der Waals surface area contributed by atoms with Crippen LogP contribution >= 0.6 is 12.4 Å². The zero-order valence-corrected chi connectivity index (χ0v) is 67.3. The molecular formula is C99H98ClFN10O3. The van der Waals surface area contributed by atoms with Crippen molar-refractivity contribution in [3.05, 3.63) is 361 Å². The zero-order chi connectivity index (χ0) is 78.5. The lowest BCUT2D eigenvalue weighted by molar-refractivity contribution is -0.384. The fourth-order valence-electron chi connectivity index (χ4n) is 19.4. The van der Waals surface area contributed by atoms with Crippen LogP contribution in [-0.4, -0.2) is 42.4 Å². The van der Waals surface area contributed by atoms with Crippen LogP contribution in [0.15, 0.2) is 266 Å². The summed E-state index contributed by atoms with van der Waals surface area (Å²) < 4.78 is 13.6. The monoisotopic (exact) mass is 1530 g/mol. The van der Waals surface area contributed by atoms with Crippen molar-refractivity contribution in [2.45, 2.75) is 160 Å². The average molecular weight is 1530 g/mol. The molecule has 15 heteroatoms. The van der Waals surface area contributed by atoms with Crippen LogP contribution in [0.1, 0.15) is 189 Å². The van der Waals surface area contributed by atoms with Gasteiger partial charge in [0.15, 0.2) is 5.78 Å². The number of aryl methyl sites for hydroxylation is 2. The number of halogens is 2. The number of Topliss-reactive ketones (excluding diaryl/α,β-unsaturated/α-hetero) is 1. The van der Waals surface area contributed by atoms with Gasteiger partial charge in [-0.05, 0) is 136 Å². The average Bonchev–Trinajstić information content (AvgIpc) is 1.59. The molecule has 0 fully saturated rings. The molecule has 4 aromatic heterocycles. The number of nitrogens with zero attached hydrogens (tertiary/aromatic N) is 3. The van der Waals surface area contributed by atoms with Crippen molar-refractivity contribution < 1.29 is 14.1 Å². The number of fused-ring (bicyclic) bond motifs is 10. The number of aliphatic imine (C=N–C) groups is 1. The Kier molecular flexibility index (Phi) is 19.7. The Morgan fingerprint density at radius 2 is 1.05 bits per heavy atom. The lowest BCUT2D eigenvalue weighted by Gasteiger charge is -2.35. The Hall–Kier alpha value is -12.0. The molecule has 0 saturated carbocycles. The van der Waals surface area contributed by atoms with Gasteiger partial charge in [-0.25, -0.2) is 4.39 Å². The molecule has 0 saturated heterocycles. The number of aromatic amines is 4. The summed E-state index contributed by atoms with van der Waals surface area (Å²) in [5.41, 5.74) is 30.4. The normalized spacial score (nSPS) is 19.1. The van der Waals surface area contributed by atoms with Gasteiger partial charge in [0.2, 0.25) is 0 Å². The first-order chi connectivity index (χ1) is 54.4. The first-order valence-corrected chi connectivity index (χ1v) is 39.7. The molecule has 7 aliphatic rings. The molecule has 114 heavy (non-hydrogen) atoms. The van der Waals surface area contributed by atoms with Gasteiger partial charge in [0.25, 0.3) is 5.69 Å². The van der Waals surface area contributed by atoms with Gasteiger partial charge in [-0.3, -0.25) is 19.9 Å². The summed E-state index contributed by atoms with van der Waals surface area (Å²) in [6, 6.07) is 79.0. The van der Waals surface area contributed by atoms with Crippen molar-refractivity contribution in [2.24, 2.45) is 4.99 Å². The van der Waals surface area contributed by atoms with Gasteiger partial charge in [0.05, 0.1) is 40.5 Å². The smallest absolute Gasteiger partial charge is 0.269 e. The maximum absolute atomic E-state index is 13.6. The number of allylic oxidation sites excluding steroid dienone is 1. The Bertz CT molecular complexity index is 6040. The lowest BCUT2D eigenvalue weighted by Crippen LogP contribution is -2.34. The molecule has 9 heterocycles. The minimum absolute atomic E-state index is 0. The van der Waals surface area contributed by atoms with Gasteiger partial charge in [-0.1, -0.05) is 239 Å². The largest absolute Gasteiger partial charge is 0.377 e. The summed E-state index contributed by atoms with van der Waals surface area (Å²) >= 11 is 0. The van der Waals surface area contributed by atoms with E-state index >= 15 is 0 Å². The molecule has 0 spiro atoms. The van der Waals surface area contributed by atoms with Crippen molar-refractivity contribution in [3.63, 3.8) is 0 Å². The fourth-order valence-corrected chi connectivity index (χ4v) is 19.4. The summed E-state index contributed by atoms with van der Waals surface area (Å²) in [6.45, 7) is 25.6. The van der Waals surface area contributed by atoms with Crippen molar-refractivity contribution in [2.75, 3.05) is 20.9 Å². The Balaban J connectivity index is 0.000000108.